The van der Waals surface area contributed by atoms with Crippen LogP contribution in [0.2, 0.25) is 37.3 Å². The highest BCUT2D eigenvalue weighted by Crippen LogP contribution is 2.35. The van der Waals surface area contributed by atoms with Gasteiger partial charge in [-0.05, 0) is 43.8 Å². The van der Waals surface area contributed by atoms with E-state index in [4.69, 9.17) is 8.85 Å². The van der Waals surface area contributed by atoms with Crippen molar-refractivity contribution in [2.75, 3.05) is 6.54 Å². The molecular formula is C16H37NO4Si2. The van der Waals surface area contributed by atoms with Gasteiger partial charge in [0.1, 0.15) is 0 Å². The van der Waals surface area contributed by atoms with Crippen molar-refractivity contribution in [2.45, 2.75) is 90.6 Å². The maximum absolute atomic E-state index is 12.1. The second kappa shape index (κ2) is 8.76. The Morgan fingerprint density at radius 2 is 1.35 bits per heavy atom. The molecule has 0 aliphatic carbocycles. The quantitative estimate of drug-likeness (QED) is 0.421. The van der Waals surface area contributed by atoms with Crippen LogP contribution in [0.3, 0.4) is 0 Å². The van der Waals surface area contributed by atoms with Gasteiger partial charge in [-0.25, -0.2) is 4.79 Å². The molecule has 0 heterocycles. The van der Waals surface area contributed by atoms with Crippen LogP contribution in [0.5, 0.6) is 0 Å². The minimum absolute atomic E-state index is 0.344. The average molecular weight is 364 g/mol. The molecule has 0 saturated carbocycles. The van der Waals surface area contributed by atoms with Crippen molar-refractivity contribution in [1.29, 1.82) is 0 Å². The third-order valence-electron chi connectivity index (χ3n) is 5.10. The Morgan fingerprint density at radius 1 is 1.00 bits per heavy atom. The summed E-state index contributed by atoms with van der Waals surface area (Å²) >= 11 is 0. The Labute approximate surface area is 144 Å². The molecule has 2 atom stereocenters. The van der Waals surface area contributed by atoms with E-state index in [0.29, 0.717) is 17.6 Å². The monoisotopic (exact) mass is 363 g/mol. The predicted molar refractivity (Wildman–Crippen MR) is 101 cm³/mol. The van der Waals surface area contributed by atoms with Crippen LogP contribution < -0.4 is 5.32 Å². The van der Waals surface area contributed by atoms with E-state index in [2.05, 4.69) is 59.2 Å². The number of rotatable bonds is 11. The molecule has 5 nitrogen and oxygen atoms in total. The molecule has 0 rings (SSSR count). The molecule has 0 aromatic rings. The normalized spacial score (nSPS) is 18.3. The molecule has 0 aromatic carbocycles. The highest BCUT2D eigenvalue weighted by atomic mass is 28.4. The standard InChI is InChI=1S/C16H37NO4Si2/c1-10-13(4)22(6,7)20-16(15(18)19,17-12-3)21-23(8,9)14(5)11-2/h13-14,17H,10-12H2,1-9H3,(H,18,19). The van der Waals surface area contributed by atoms with E-state index < -0.39 is 28.5 Å². The molecular weight excluding hydrogens is 326 g/mol. The number of hydrogen-bond acceptors (Lipinski definition) is 4. The zero-order valence-corrected chi connectivity index (χ0v) is 18.4. The van der Waals surface area contributed by atoms with Gasteiger partial charge in [0.15, 0.2) is 16.6 Å². The molecule has 23 heavy (non-hydrogen) atoms. The number of aliphatic carboxylic acids is 1. The summed E-state index contributed by atoms with van der Waals surface area (Å²) in [7, 11) is -4.47. The van der Waals surface area contributed by atoms with Crippen LogP contribution >= 0.6 is 0 Å². The Kier molecular flexibility index (Phi) is 8.67. The summed E-state index contributed by atoms with van der Waals surface area (Å²) < 4.78 is 12.5. The van der Waals surface area contributed by atoms with E-state index in [1.807, 2.05) is 6.92 Å². The largest absolute Gasteiger partial charge is 0.476 e. The lowest BCUT2D eigenvalue weighted by Crippen LogP contribution is -2.65. The lowest BCUT2D eigenvalue weighted by molar-refractivity contribution is -0.201. The molecule has 0 aliphatic rings. The van der Waals surface area contributed by atoms with Crippen molar-refractivity contribution in [2.24, 2.45) is 0 Å². The summed E-state index contributed by atoms with van der Waals surface area (Å²) in [6.45, 7) is 19.1. The van der Waals surface area contributed by atoms with E-state index in [-0.39, 0.29) is 0 Å². The van der Waals surface area contributed by atoms with Gasteiger partial charge < -0.3 is 14.0 Å². The van der Waals surface area contributed by atoms with Crippen molar-refractivity contribution in [1.82, 2.24) is 5.32 Å². The van der Waals surface area contributed by atoms with E-state index in [1.54, 1.807) is 0 Å². The van der Waals surface area contributed by atoms with Crippen LogP contribution in [0.25, 0.3) is 0 Å². The third-order valence-corrected chi connectivity index (χ3v) is 12.3. The zero-order valence-electron chi connectivity index (χ0n) is 16.4. The van der Waals surface area contributed by atoms with Crippen LogP contribution in [-0.4, -0.2) is 40.2 Å². The molecule has 2 N–H and O–H groups in total. The molecule has 0 aliphatic heterocycles. The van der Waals surface area contributed by atoms with Gasteiger partial charge in [-0.3, -0.25) is 5.32 Å². The Morgan fingerprint density at radius 3 is 1.57 bits per heavy atom. The maximum atomic E-state index is 12.1. The number of hydrogen-bond donors (Lipinski definition) is 2. The van der Waals surface area contributed by atoms with Gasteiger partial charge in [-0.15, -0.1) is 0 Å². The fourth-order valence-electron chi connectivity index (χ4n) is 2.41. The number of carboxylic acid groups (broad SMARTS) is 1. The van der Waals surface area contributed by atoms with Gasteiger partial charge in [0.25, 0.3) is 0 Å². The lowest BCUT2D eigenvalue weighted by atomic mass is 10.4. The second-order valence-corrected chi connectivity index (χ2v) is 16.3. The van der Waals surface area contributed by atoms with Gasteiger partial charge in [0, 0.05) is 0 Å². The van der Waals surface area contributed by atoms with Gasteiger partial charge in [-0.1, -0.05) is 47.5 Å². The Bertz CT molecular complexity index is 364. The summed E-state index contributed by atoms with van der Waals surface area (Å²) in [6.07, 6.45) is 1.93. The van der Waals surface area contributed by atoms with Gasteiger partial charge in [0.05, 0.1) is 0 Å². The number of carbonyl (C=O) groups is 1. The van der Waals surface area contributed by atoms with Crippen molar-refractivity contribution in [3.8, 4) is 0 Å². The van der Waals surface area contributed by atoms with Crippen molar-refractivity contribution in [3.05, 3.63) is 0 Å². The molecule has 0 amide bonds. The first-order valence-electron chi connectivity index (χ1n) is 8.77. The fourth-order valence-corrected chi connectivity index (χ4v) is 6.75. The van der Waals surface area contributed by atoms with Crippen molar-refractivity contribution >= 4 is 22.6 Å². The van der Waals surface area contributed by atoms with E-state index >= 15 is 0 Å². The molecule has 138 valence electrons. The molecule has 0 fully saturated rings. The van der Waals surface area contributed by atoms with Crippen molar-refractivity contribution in [3.63, 3.8) is 0 Å². The topological polar surface area (TPSA) is 67.8 Å². The first-order chi connectivity index (χ1) is 10.4. The molecule has 7 heteroatoms. The van der Waals surface area contributed by atoms with Crippen LogP contribution in [0.1, 0.15) is 47.5 Å². The summed E-state index contributed by atoms with van der Waals surface area (Å²) in [5.74, 6) is -2.81. The SMILES string of the molecule is CCNC(O[Si](C)(C)C(C)CC)(O[Si](C)(C)C(C)CC)C(=O)O. The van der Waals surface area contributed by atoms with Crippen molar-refractivity contribution < 1.29 is 18.8 Å². The summed E-state index contributed by atoms with van der Waals surface area (Å²) in [5, 5.41) is 12.9. The van der Waals surface area contributed by atoms with Crippen LogP contribution in [0.15, 0.2) is 0 Å². The molecule has 2 unspecified atom stereocenters. The second-order valence-electron chi connectivity index (χ2n) is 7.48. The summed E-state index contributed by atoms with van der Waals surface area (Å²) in [5.41, 5.74) is 0.689. The molecule has 0 saturated heterocycles. The van der Waals surface area contributed by atoms with Crippen LogP contribution in [-0.2, 0) is 13.6 Å². The van der Waals surface area contributed by atoms with Gasteiger partial charge >= 0.3 is 11.9 Å². The van der Waals surface area contributed by atoms with Gasteiger partial charge in [0.2, 0.25) is 0 Å². The number of likely N-dealkylation sites (N-methyl/N-ethyl adjacent to an activating group) is 1. The molecule has 0 aromatic heterocycles. The van der Waals surface area contributed by atoms with Gasteiger partial charge in [-0.2, -0.15) is 0 Å². The molecule has 0 bridgehead atoms. The minimum atomic E-state index is -2.23. The highest BCUT2D eigenvalue weighted by molar-refractivity contribution is 6.74. The fraction of sp³-hybridized carbons (Fsp3) is 0.938. The van der Waals surface area contributed by atoms with E-state index in [9.17, 15) is 9.90 Å². The Hall–Kier alpha value is -0.216. The Balaban J connectivity index is 5.70. The molecule has 0 spiro atoms. The summed E-state index contributed by atoms with van der Waals surface area (Å²) in [6, 6.07) is 0. The van der Waals surface area contributed by atoms with Crippen LogP contribution in [0.4, 0.5) is 0 Å². The third kappa shape index (κ3) is 5.97. The van der Waals surface area contributed by atoms with Crippen LogP contribution in [0, 0.1) is 0 Å². The first-order valence-corrected chi connectivity index (χ1v) is 14.7. The first kappa shape index (κ1) is 22.8. The zero-order chi connectivity index (χ0) is 18.5. The smallest absolute Gasteiger partial charge is 0.379 e. The number of carboxylic acids is 1. The predicted octanol–water partition coefficient (Wildman–Crippen LogP) is 4.38. The number of nitrogens with one attached hydrogen (secondary N) is 1. The highest BCUT2D eigenvalue weighted by Gasteiger charge is 2.51. The summed E-state index contributed by atoms with van der Waals surface area (Å²) in [4.78, 5) is 12.1. The average Bonchev–Trinajstić information content (AvgIpc) is 2.44. The minimum Gasteiger partial charge on any atom is -0.476 e. The molecule has 0 radical (unpaired) electrons. The lowest BCUT2D eigenvalue weighted by Gasteiger charge is -2.44. The maximum Gasteiger partial charge on any atom is 0.379 e. The van der Waals surface area contributed by atoms with E-state index in [1.165, 1.54) is 0 Å². The van der Waals surface area contributed by atoms with E-state index in [0.717, 1.165) is 12.8 Å².